The van der Waals surface area contributed by atoms with Gasteiger partial charge in [0.15, 0.2) is 5.11 Å². The maximum Gasteiger partial charge on any atom is 0.257 e. The van der Waals surface area contributed by atoms with Crippen molar-refractivity contribution in [2.75, 3.05) is 31.7 Å². The number of methoxy groups -OCH3 is 1. The van der Waals surface area contributed by atoms with Crippen LogP contribution >= 0.6 is 12.2 Å². The summed E-state index contributed by atoms with van der Waals surface area (Å²) in [5.74, 6) is -0.745. The van der Waals surface area contributed by atoms with Gasteiger partial charge in [-0.15, -0.1) is 0 Å². The summed E-state index contributed by atoms with van der Waals surface area (Å²) in [6.45, 7) is 2.83. The number of anilines is 1. The lowest BCUT2D eigenvalue weighted by molar-refractivity contribution is -0.120. The van der Waals surface area contributed by atoms with Crippen molar-refractivity contribution in [1.29, 1.82) is 0 Å². The Morgan fingerprint density at radius 1 is 1.25 bits per heavy atom. The first-order valence-electron chi connectivity index (χ1n) is 8.93. The summed E-state index contributed by atoms with van der Waals surface area (Å²) in [4.78, 5) is 37.4. The number of hydrogen-bond acceptors (Lipinski definition) is 5. The van der Waals surface area contributed by atoms with Crippen LogP contribution in [0, 0.1) is 0 Å². The molecule has 3 amide bonds. The van der Waals surface area contributed by atoms with E-state index < -0.39 is 5.91 Å². The lowest BCUT2D eigenvalue weighted by Gasteiger charge is -2.17. The van der Waals surface area contributed by atoms with Crippen molar-refractivity contribution in [2.24, 2.45) is 0 Å². The quantitative estimate of drug-likeness (QED) is 0.374. The number of nitrogens with one attached hydrogen (secondary N) is 4. The molecule has 1 aliphatic rings. The van der Waals surface area contributed by atoms with Crippen molar-refractivity contribution in [3.63, 3.8) is 0 Å². The number of nitrogens with zero attached hydrogens (tertiary/aromatic N) is 1. The first kappa shape index (κ1) is 21.6. The van der Waals surface area contributed by atoms with E-state index in [1.54, 1.807) is 36.3 Å². The predicted octanol–water partition coefficient (Wildman–Crippen LogP) is 0.0734. The molecule has 1 heterocycles. The van der Waals surface area contributed by atoms with Crippen LogP contribution in [0.5, 0.6) is 0 Å². The van der Waals surface area contributed by atoms with Gasteiger partial charge in [0.25, 0.3) is 11.8 Å². The molecule has 0 radical (unpaired) electrons. The second-order valence-electron chi connectivity index (χ2n) is 6.38. The van der Waals surface area contributed by atoms with Gasteiger partial charge in [0.05, 0.1) is 13.2 Å². The average molecular weight is 407 g/mol. The monoisotopic (exact) mass is 407 g/mol. The zero-order valence-corrected chi connectivity index (χ0v) is 16.7. The van der Waals surface area contributed by atoms with Gasteiger partial charge in [0.1, 0.15) is 0 Å². The van der Waals surface area contributed by atoms with Crippen LogP contribution in [0.3, 0.4) is 0 Å². The van der Waals surface area contributed by atoms with E-state index >= 15 is 0 Å². The fourth-order valence-corrected chi connectivity index (χ4v) is 2.95. The van der Waals surface area contributed by atoms with Crippen molar-refractivity contribution in [2.45, 2.75) is 25.8 Å². The molecule has 0 bridgehead atoms. The van der Waals surface area contributed by atoms with Crippen LogP contribution in [-0.2, 0) is 14.3 Å². The minimum absolute atomic E-state index is 0.0135. The van der Waals surface area contributed by atoms with Gasteiger partial charge in [0.2, 0.25) is 5.91 Å². The van der Waals surface area contributed by atoms with E-state index in [2.05, 4.69) is 21.5 Å². The summed E-state index contributed by atoms with van der Waals surface area (Å²) in [6, 6.07) is 6.70. The van der Waals surface area contributed by atoms with Gasteiger partial charge in [0, 0.05) is 37.4 Å². The highest BCUT2D eigenvalue weighted by molar-refractivity contribution is 7.80. The van der Waals surface area contributed by atoms with Crippen LogP contribution in [0.4, 0.5) is 5.69 Å². The molecular formula is C18H25N5O4S. The molecule has 0 spiro atoms. The van der Waals surface area contributed by atoms with Crippen LogP contribution in [0.2, 0.25) is 0 Å². The molecule has 2 rings (SSSR count). The topological polar surface area (TPSA) is 112 Å². The largest absolute Gasteiger partial charge is 0.383 e. The first-order valence-corrected chi connectivity index (χ1v) is 9.34. The summed E-state index contributed by atoms with van der Waals surface area (Å²) in [5.41, 5.74) is 6.12. The molecule has 4 N–H and O–H groups in total. The Balaban J connectivity index is 1.73. The molecule has 1 saturated heterocycles. The molecule has 1 fully saturated rings. The third kappa shape index (κ3) is 6.46. The van der Waals surface area contributed by atoms with Crippen LogP contribution < -0.4 is 26.4 Å². The molecule has 0 unspecified atom stereocenters. The number of hydrazine groups is 1. The highest BCUT2D eigenvalue weighted by Crippen LogP contribution is 2.21. The maximum absolute atomic E-state index is 12.2. The second-order valence-corrected chi connectivity index (χ2v) is 6.79. The van der Waals surface area contributed by atoms with Crippen molar-refractivity contribution in [1.82, 2.24) is 21.5 Å². The molecule has 28 heavy (non-hydrogen) atoms. The molecular weight excluding hydrogens is 382 g/mol. The lowest BCUT2D eigenvalue weighted by atomic mass is 10.2. The number of carbonyl (C=O) groups excluding carboxylic acids is 3. The highest BCUT2D eigenvalue weighted by atomic mass is 32.1. The van der Waals surface area contributed by atoms with Crippen LogP contribution in [0.1, 0.15) is 30.1 Å². The van der Waals surface area contributed by atoms with Gasteiger partial charge in [-0.25, -0.2) is 0 Å². The molecule has 10 heteroatoms. The Bertz CT molecular complexity index is 725. The van der Waals surface area contributed by atoms with Crippen LogP contribution in [0.25, 0.3) is 0 Å². The summed E-state index contributed by atoms with van der Waals surface area (Å²) in [6.07, 6.45) is 1.39. The Hall–Kier alpha value is -2.72. The molecule has 1 aromatic rings. The van der Waals surface area contributed by atoms with Crippen molar-refractivity contribution < 1.29 is 19.1 Å². The Kier molecular flexibility index (Phi) is 8.15. The van der Waals surface area contributed by atoms with Gasteiger partial charge < -0.3 is 20.3 Å². The van der Waals surface area contributed by atoms with Gasteiger partial charge >= 0.3 is 0 Å². The SMILES string of the molecule is COC[C@@H](C)NC(=S)NNC(=O)CNC(=O)c1ccc(N2CCCC2=O)cc1. The molecule has 152 valence electrons. The Labute approximate surface area is 169 Å². The van der Waals surface area contributed by atoms with E-state index in [1.165, 1.54) is 0 Å². The maximum atomic E-state index is 12.2. The molecule has 0 saturated carbocycles. The Morgan fingerprint density at radius 2 is 1.96 bits per heavy atom. The number of rotatable bonds is 7. The number of thiocarbonyl (C=S) groups is 1. The fourth-order valence-electron chi connectivity index (χ4n) is 2.70. The summed E-state index contributed by atoms with van der Waals surface area (Å²) < 4.78 is 4.97. The Morgan fingerprint density at radius 3 is 2.57 bits per heavy atom. The second kappa shape index (κ2) is 10.6. The zero-order chi connectivity index (χ0) is 20.5. The molecule has 1 aromatic carbocycles. The van der Waals surface area contributed by atoms with E-state index in [9.17, 15) is 14.4 Å². The number of amides is 3. The van der Waals surface area contributed by atoms with E-state index in [1.807, 2.05) is 6.92 Å². The van der Waals surface area contributed by atoms with Gasteiger partial charge in [-0.1, -0.05) is 0 Å². The third-order valence-electron chi connectivity index (χ3n) is 4.03. The van der Waals surface area contributed by atoms with Crippen molar-refractivity contribution in [3.05, 3.63) is 29.8 Å². The fraction of sp³-hybridized carbons (Fsp3) is 0.444. The summed E-state index contributed by atoms with van der Waals surface area (Å²) in [7, 11) is 1.58. The molecule has 0 aliphatic carbocycles. The minimum atomic E-state index is -0.448. The summed E-state index contributed by atoms with van der Waals surface area (Å²) >= 11 is 5.03. The minimum Gasteiger partial charge on any atom is -0.383 e. The standard InChI is InChI=1S/C18H25N5O4S/c1-12(11-27-2)20-18(28)22-21-15(24)10-19-17(26)13-5-7-14(8-6-13)23-9-3-4-16(23)25/h5-8,12H,3-4,9-11H2,1-2H3,(H,19,26)(H,21,24)(H2,20,22,28)/t12-/m1/s1. The van der Waals surface area contributed by atoms with Crippen molar-refractivity contribution in [3.8, 4) is 0 Å². The molecule has 1 atom stereocenters. The number of ether oxygens (including phenoxy) is 1. The normalized spacial score (nSPS) is 14.4. The van der Waals surface area contributed by atoms with Gasteiger partial charge in [-0.2, -0.15) is 0 Å². The molecule has 1 aliphatic heterocycles. The summed E-state index contributed by atoms with van der Waals surface area (Å²) in [5, 5.41) is 5.70. The van der Waals surface area contributed by atoms with E-state index in [0.717, 1.165) is 12.1 Å². The smallest absolute Gasteiger partial charge is 0.257 e. The van der Waals surface area contributed by atoms with Gasteiger partial charge in [-0.05, 0) is 49.8 Å². The lowest BCUT2D eigenvalue weighted by Crippen LogP contribution is -2.52. The highest BCUT2D eigenvalue weighted by Gasteiger charge is 2.21. The predicted molar refractivity (Wildman–Crippen MR) is 109 cm³/mol. The average Bonchev–Trinajstić information content (AvgIpc) is 3.10. The van der Waals surface area contributed by atoms with Crippen LogP contribution in [0.15, 0.2) is 24.3 Å². The number of benzene rings is 1. The van der Waals surface area contributed by atoms with E-state index in [4.69, 9.17) is 17.0 Å². The van der Waals surface area contributed by atoms with Crippen LogP contribution in [-0.4, -0.2) is 55.7 Å². The molecule has 0 aromatic heterocycles. The zero-order valence-electron chi connectivity index (χ0n) is 15.9. The molecule has 9 nitrogen and oxygen atoms in total. The van der Waals surface area contributed by atoms with Crippen molar-refractivity contribution >= 4 is 40.7 Å². The number of hydrogen-bond donors (Lipinski definition) is 4. The van der Waals surface area contributed by atoms with E-state index in [-0.39, 0.29) is 29.5 Å². The third-order valence-corrected chi connectivity index (χ3v) is 4.25. The first-order chi connectivity index (χ1) is 13.4. The van der Waals surface area contributed by atoms with E-state index in [0.29, 0.717) is 25.1 Å². The number of carbonyl (C=O) groups is 3. The van der Waals surface area contributed by atoms with Gasteiger partial charge in [-0.3, -0.25) is 25.2 Å².